The highest BCUT2D eigenvalue weighted by Gasteiger charge is 2.34. The van der Waals surface area contributed by atoms with E-state index in [1.54, 1.807) is 18.3 Å². The monoisotopic (exact) mass is 448 g/mol. The van der Waals surface area contributed by atoms with Crippen LogP contribution in [0.5, 0.6) is 0 Å². The summed E-state index contributed by atoms with van der Waals surface area (Å²) in [6, 6.07) is 19.0. The summed E-state index contributed by atoms with van der Waals surface area (Å²) in [6.07, 6.45) is 7.53. The molecule has 0 radical (unpaired) electrons. The molecule has 0 amide bonds. The van der Waals surface area contributed by atoms with Gasteiger partial charge in [0.05, 0.1) is 11.9 Å². The molecule has 0 saturated heterocycles. The molecule has 0 atom stereocenters. The van der Waals surface area contributed by atoms with Crippen LogP contribution in [0, 0.1) is 12.7 Å². The van der Waals surface area contributed by atoms with Gasteiger partial charge in [-0.15, -0.1) is 0 Å². The predicted octanol–water partition coefficient (Wildman–Crippen LogP) is 6.46. The molecule has 0 bridgehead atoms. The first-order chi connectivity index (χ1) is 15.5. The van der Waals surface area contributed by atoms with E-state index in [0.29, 0.717) is 5.11 Å². The second kappa shape index (κ2) is 10.1. The molecular weight excluding hydrogens is 419 g/mol. The smallest absolute Gasteiger partial charge is 0.170 e. The van der Waals surface area contributed by atoms with Crippen molar-refractivity contribution in [1.29, 1.82) is 0 Å². The Kier molecular flexibility index (Phi) is 7.00. The van der Waals surface area contributed by atoms with Gasteiger partial charge >= 0.3 is 0 Å². The van der Waals surface area contributed by atoms with Crippen molar-refractivity contribution in [2.24, 2.45) is 0 Å². The molecule has 1 aliphatic rings. The number of anilines is 3. The molecule has 32 heavy (non-hydrogen) atoms. The summed E-state index contributed by atoms with van der Waals surface area (Å²) in [5, 5.41) is 10.5. The summed E-state index contributed by atoms with van der Waals surface area (Å²) in [7, 11) is 0. The predicted molar refractivity (Wildman–Crippen MR) is 134 cm³/mol. The van der Waals surface area contributed by atoms with Crippen LogP contribution in [0.15, 0.2) is 66.9 Å². The van der Waals surface area contributed by atoms with E-state index in [2.05, 4.69) is 40.0 Å². The fourth-order valence-corrected chi connectivity index (χ4v) is 4.54. The first-order valence-electron chi connectivity index (χ1n) is 11.1. The molecule has 1 saturated carbocycles. The van der Waals surface area contributed by atoms with Gasteiger partial charge in [-0.3, -0.25) is 0 Å². The highest BCUT2D eigenvalue weighted by Crippen LogP contribution is 2.39. The minimum atomic E-state index is -0.197. The summed E-state index contributed by atoms with van der Waals surface area (Å²) in [5.74, 6) is 0.577. The third kappa shape index (κ3) is 5.62. The number of rotatable bonds is 6. The van der Waals surface area contributed by atoms with Crippen LogP contribution < -0.4 is 16.0 Å². The zero-order valence-electron chi connectivity index (χ0n) is 18.3. The Hall–Kier alpha value is -2.99. The third-order valence-corrected chi connectivity index (χ3v) is 6.45. The van der Waals surface area contributed by atoms with Gasteiger partial charge in [-0.25, -0.2) is 9.37 Å². The summed E-state index contributed by atoms with van der Waals surface area (Å²) < 4.78 is 13.4. The second-order valence-corrected chi connectivity index (χ2v) is 8.99. The number of aryl methyl sites for hydroxylation is 1. The highest BCUT2D eigenvalue weighted by molar-refractivity contribution is 7.80. The average molecular weight is 449 g/mol. The molecule has 1 aromatic heterocycles. The third-order valence-electron chi connectivity index (χ3n) is 6.20. The van der Waals surface area contributed by atoms with E-state index < -0.39 is 0 Å². The Bertz CT molecular complexity index is 1030. The molecule has 0 spiro atoms. The molecule has 1 fully saturated rings. The summed E-state index contributed by atoms with van der Waals surface area (Å²) >= 11 is 5.55. The van der Waals surface area contributed by atoms with E-state index >= 15 is 0 Å². The van der Waals surface area contributed by atoms with Crippen LogP contribution in [0.3, 0.4) is 0 Å². The molecule has 4 nitrogen and oxygen atoms in total. The summed E-state index contributed by atoms with van der Waals surface area (Å²) in [4.78, 5) is 4.47. The lowest BCUT2D eigenvalue weighted by Gasteiger charge is -2.38. The topological polar surface area (TPSA) is 49.0 Å². The number of thiocarbonyl (C=S) groups is 1. The van der Waals surface area contributed by atoms with Crippen molar-refractivity contribution in [2.45, 2.75) is 44.4 Å². The lowest BCUT2D eigenvalue weighted by atomic mass is 9.69. The number of hydrogen-bond acceptors (Lipinski definition) is 3. The molecule has 3 N–H and O–H groups in total. The SMILES string of the molecule is Cc1ccc(Nc2ccc(NC(=S)NCC3(c4ccc(F)cc4)CCCCC3)cn2)cc1. The van der Waals surface area contributed by atoms with Crippen molar-refractivity contribution in [1.82, 2.24) is 10.3 Å². The summed E-state index contributed by atoms with van der Waals surface area (Å²) in [6.45, 7) is 2.79. The van der Waals surface area contributed by atoms with E-state index in [9.17, 15) is 4.39 Å². The lowest BCUT2D eigenvalue weighted by molar-refractivity contribution is 0.292. The number of pyridine rings is 1. The molecular formula is C26H29FN4S. The maximum Gasteiger partial charge on any atom is 0.170 e. The van der Waals surface area contributed by atoms with Crippen LogP contribution in [0.2, 0.25) is 0 Å². The van der Waals surface area contributed by atoms with E-state index in [4.69, 9.17) is 12.2 Å². The van der Waals surface area contributed by atoms with Crippen LogP contribution in [0.4, 0.5) is 21.6 Å². The minimum absolute atomic E-state index is 0.0161. The number of benzene rings is 2. The van der Waals surface area contributed by atoms with Crippen molar-refractivity contribution in [3.63, 3.8) is 0 Å². The van der Waals surface area contributed by atoms with Crippen LogP contribution in [-0.2, 0) is 5.41 Å². The highest BCUT2D eigenvalue weighted by atomic mass is 32.1. The Morgan fingerprint density at radius 2 is 1.62 bits per heavy atom. The molecule has 3 aromatic rings. The average Bonchev–Trinajstić information content (AvgIpc) is 2.82. The number of hydrogen-bond donors (Lipinski definition) is 3. The molecule has 4 rings (SSSR count). The van der Waals surface area contributed by atoms with Crippen molar-refractivity contribution in [3.8, 4) is 0 Å². The minimum Gasteiger partial charge on any atom is -0.362 e. The molecule has 2 aromatic carbocycles. The van der Waals surface area contributed by atoms with E-state index in [0.717, 1.165) is 36.6 Å². The van der Waals surface area contributed by atoms with Crippen LogP contribution in [0.25, 0.3) is 0 Å². The van der Waals surface area contributed by atoms with E-state index in [1.165, 1.54) is 30.4 Å². The first-order valence-corrected chi connectivity index (χ1v) is 11.5. The molecule has 0 unspecified atom stereocenters. The lowest BCUT2D eigenvalue weighted by Crippen LogP contribution is -2.43. The van der Waals surface area contributed by atoms with Crippen molar-refractivity contribution in [3.05, 3.63) is 83.8 Å². The number of nitrogens with one attached hydrogen (secondary N) is 3. The standard InChI is InChI=1S/C26H29FN4S/c1-19-5-11-22(12-6-19)30-24-14-13-23(17-28-24)31-25(32)29-18-26(15-3-2-4-16-26)20-7-9-21(27)10-8-20/h5-14,17H,2-4,15-16,18H2,1H3,(H,28,30)(H2,29,31,32). The van der Waals surface area contributed by atoms with Crippen LogP contribution >= 0.6 is 12.2 Å². The number of halogens is 1. The zero-order chi connectivity index (χ0) is 22.4. The number of nitrogens with zero attached hydrogens (tertiary/aromatic N) is 1. The normalized spacial score (nSPS) is 15.1. The van der Waals surface area contributed by atoms with Crippen molar-refractivity contribution >= 4 is 34.5 Å². The largest absolute Gasteiger partial charge is 0.362 e. The van der Waals surface area contributed by atoms with Gasteiger partial charge in [-0.1, -0.05) is 49.1 Å². The zero-order valence-corrected chi connectivity index (χ0v) is 19.1. The van der Waals surface area contributed by atoms with Crippen LogP contribution in [0.1, 0.15) is 43.2 Å². The Balaban J connectivity index is 1.35. The molecule has 166 valence electrons. The Morgan fingerprint density at radius 3 is 2.28 bits per heavy atom. The first kappa shape index (κ1) is 22.2. The van der Waals surface area contributed by atoms with Gasteiger partial charge in [0.1, 0.15) is 11.6 Å². The van der Waals surface area contributed by atoms with Crippen LogP contribution in [-0.4, -0.2) is 16.6 Å². The second-order valence-electron chi connectivity index (χ2n) is 8.58. The van der Waals surface area contributed by atoms with Gasteiger partial charge in [-0.05, 0) is 73.9 Å². The fourth-order valence-electron chi connectivity index (χ4n) is 4.35. The van der Waals surface area contributed by atoms with E-state index in [1.807, 2.05) is 36.4 Å². The van der Waals surface area contributed by atoms with Gasteiger partial charge in [0.2, 0.25) is 0 Å². The van der Waals surface area contributed by atoms with E-state index in [-0.39, 0.29) is 11.2 Å². The molecule has 1 heterocycles. The maximum atomic E-state index is 13.4. The molecule has 1 aliphatic carbocycles. The fraction of sp³-hybridized carbons (Fsp3) is 0.308. The van der Waals surface area contributed by atoms with Gasteiger partial charge < -0.3 is 16.0 Å². The quantitative estimate of drug-likeness (QED) is 0.378. The van der Waals surface area contributed by atoms with Crippen molar-refractivity contribution in [2.75, 3.05) is 17.2 Å². The number of aromatic nitrogens is 1. The van der Waals surface area contributed by atoms with Crippen molar-refractivity contribution < 1.29 is 4.39 Å². The summed E-state index contributed by atoms with van der Waals surface area (Å²) in [5.41, 5.74) is 4.22. The van der Waals surface area contributed by atoms with Gasteiger partial charge in [0.25, 0.3) is 0 Å². The maximum absolute atomic E-state index is 13.4. The molecule has 6 heteroatoms. The Morgan fingerprint density at radius 1 is 0.938 bits per heavy atom. The van der Waals surface area contributed by atoms with Gasteiger partial charge in [0.15, 0.2) is 5.11 Å². The molecule has 0 aliphatic heterocycles. The Labute approximate surface area is 194 Å². The van der Waals surface area contributed by atoms with Gasteiger partial charge in [0, 0.05) is 17.6 Å². The van der Waals surface area contributed by atoms with Gasteiger partial charge in [-0.2, -0.15) is 0 Å².